The van der Waals surface area contributed by atoms with Gasteiger partial charge in [-0.25, -0.2) is 0 Å². The van der Waals surface area contributed by atoms with Crippen LogP contribution in [0.15, 0.2) is 42.5 Å². The van der Waals surface area contributed by atoms with E-state index in [0.29, 0.717) is 13.2 Å². The van der Waals surface area contributed by atoms with E-state index in [-0.39, 0.29) is 11.8 Å². The quantitative estimate of drug-likeness (QED) is 0.738. The van der Waals surface area contributed by atoms with Crippen LogP contribution < -0.4 is 10.1 Å². The molecule has 3 rings (SSSR count). The maximum atomic E-state index is 12.4. The maximum Gasteiger partial charge on any atom is 0.223 e. The second-order valence-electron chi connectivity index (χ2n) is 7.94. The van der Waals surface area contributed by atoms with Crippen LogP contribution in [-0.4, -0.2) is 37.0 Å². The first-order valence-electron chi connectivity index (χ1n) is 10.3. The van der Waals surface area contributed by atoms with Crippen LogP contribution in [0.4, 0.5) is 0 Å². The standard InChI is InChI=1S/C24H32N2O2/c1-18-4-7-21(8-5-18)17-26-13-10-22(11-14-26)24(27)25-12-15-28-23-9-6-19(2)16-20(23)3/h4-9,16,22H,10-15,17H2,1-3H3,(H,25,27). The highest BCUT2D eigenvalue weighted by Crippen LogP contribution is 2.20. The van der Waals surface area contributed by atoms with E-state index in [1.54, 1.807) is 0 Å². The van der Waals surface area contributed by atoms with Gasteiger partial charge >= 0.3 is 0 Å². The van der Waals surface area contributed by atoms with Crippen molar-refractivity contribution in [3.63, 3.8) is 0 Å². The van der Waals surface area contributed by atoms with E-state index >= 15 is 0 Å². The molecule has 0 saturated carbocycles. The first-order chi connectivity index (χ1) is 13.5. The smallest absolute Gasteiger partial charge is 0.223 e. The summed E-state index contributed by atoms with van der Waals surface area (Å²) in [7, 11) is 0. The summed E-state index contributed by atoms with van der Waals surface area (Å²) >= 11 is 0. The number of carbonyl (C=O) groups excluding carboxylic acids is 1. The lowest BCUT2D eigenvalue weighted by atomic mass is 9.95. The number of aryl methyl sites for hydroxylation is 3. The van der Waals surface area contributed by atoms with Gasteiger partial charge in [-0.1, -0.05) is 47.5 Å². The molecule has 0 bridgehead atoms. The van der Waals surface area contributed by atoms with Crippen LogP contribution in [0.3, 0.4) is 0 Å². The minimum atomic E-state index is 0.121. The number of piperidine rings is 1. The molecule has 4 nitrogen and oxygen atoms in total. The van der Waals surface area contributed by atoms with Crippen molar-refractivity contribution < 1.29 is 9.53 Å². The molecule has 0 unspecified atom stereocenters. The van der Waals surface area contributed by atoms with Crippen molar-refractivity contribution in [2.45, 2.75) is 40.2 Å². The number of rotatable bonds is 7. The van der Waals surface area contributed by atoms with E-state index in [1.807, 2.05) is 19.1 Å². The molecule has 1 aliphatic rings. The van der Waals surface area contributed by atoms with Gasteiger partial charge in [-0.3, -0.25) is 9.69 Å². The van der Waals surface area contributed by atoms with Gasteiger partial charge in [-0.15, -0.1) is 0 Å². The molecule has 2 aromatic carbocycles. The molecule has 0 aliphatic carbocycles. The number of hydrogen-bond acceptors (Lipinski definition) is 3. The van der Waals surface area contributed by atoms with Gasteiger partial charge in [0.05, 0.1) is 6.54 Å². The summed E-state index contributed by atoms with van der Waals surface area (Å²) in [5, 5.41) is 3.04. The van der Waals surface area contributed by atoms with Gasteiger partial charge in [0.25, 0.3) is 0 Å². The van der Waals surface area contributed by atoms with Crippen molar-refractivity contribution in [3.8, 4) is 5.75 Å². The zero-order valence-corrected chi connectivity index (χ0v) is 17.3. The first kappa shape index (κ1) is 20.4. The molecule has 0 radical (unpaired) electrons. The number of nitrogens with zero attached hydrogens (tertiary/aromatic N) is 1. The van der Waals surface area contributed by atoms with Gasteiger partial charge < -0.3 is 10.1 Å². The van der Waals surface area contributed by atoms with Crippen LogP contribution in [-0.2, 0) is 11.3 Å². The third kappa shape index (κ3) is 5.83. The number of hydrogen-bond donors (Lipinski definition) is 1. The molecule has 1 amide bonds. The molecule has 0 aromatic heterocycles. The zero-order valence-electron chi connectivity index (χ0n) is 17.3. The maximum absolute atomic E-state index is 12.4. The van der Waals surface area contributed by atoms with Gasteiger partial charge in [0.1, 0.15) is 12.4 Å². The fourth-order valence-electron chi connectivity index (χ4n) is 3.75. The van der Waals surface area contributed by atoms with Gasteiger partial charge in [0.2, 0.25) is 5.91 Å². The molecule has 0 atom stereocenters. The Bertz CT molecular complexity index is 778. The Morgan fingerprint density at radius 3 is 2.39 bits per heavy atom. The molecule has 1 aliphatic heterocycles. The third-order valence-electron chi connectivity index (χ3n) is 5.47. The summed E-state index contributed by atoms with van der Waals surface area (Å²) in [6, 6.07) is 14.9. The third-order valence-corrected chi connectivity index (χ3v) is 5.47. The molecule has 1 fully saturated rings. The lowest BCUT2D eigenvalue weighted by Crippen LogP contribution is -2.41. The topological polar surface area (TPSA) is 41.6 Å². The predicted molar refractivity (Wildman–Crippen MR) is 114 cm³/mol. The number of amides is 1. The highest BCUT2D eigenvalue weighted by atomic mass is 16.5. The van der Waals surface area contributed by atoms with Crippen molar-refractivity contribution in [1.29, 1.82) is 0 Å². The average Bonchev–Trinajstić information content (AvgIpc) is 2.69. The van der Waals surface area contributed by atoms with E-state index < -0.39 is 0 Å². The summed E-state index contributed by atoms with van der Waals surface area (Å²) < 4.78 is 5.80. The Labute approximate surface area is 168 Å². The SMILES string of the molecule is Cc1ccc(CN2CCC(C(=O)NCCOc3ccc(C)cc3C)CC2)cc1. The molecule has 28 heavy (non-hydrogen) atoms. The minimum Gasteiger partial charge on any atom is -0.491 e. The van der Waals surface area contributed by atoms with E-state index in [1.165, 1.54) is 16.7 Å². The summed E-state index contributed by atoms with van der Waals surface area (Å²) in [4.78, 5) is 14.9. The molecule has 0 spiro atoms. The Kier molecular flexibility index (Phi) is 7.10. The molecule has 1 heterocycles. The van der Waals surface area contributed by atoms with Crippen molar-refractivity contribution in [2.24, 2.45) is 5.92 Å². The lowest BCUT2D eigenvalue weighted by Gasteiger charge is -2.31. The Morgan fingerprint density at radius 2 is 1.71 bits per heavy atom. The molecule has 2 aromatic rings. The van der Waals surface area contributed by atoms with Crippen molar-refractivity contribution >= 4 is 5.91 Å². The van der Waals surface area contributed by atoms with E-state index in [2.05, 4.69) is 54.4 Å². The summed E-state index contributed by atoms with van der Waals surface area (Å²) in [6.45, 7) is 10.2. The van der Waals surface area contributed by atoms with Crippen LogP contribution in [0, 0.1) is 26.7 Å². The van der Waals surface area contributed by atoms with Crippen LogP contribution >= 0.6 is 0 Å². The first-order valence-corrected chi connectivity index (χ1v) is 10.3. The number of ether oxygens (including phenoxy) is 1. The summed E-state index contributed by atoms with van der Waals surface area (Å²) in [5.41, 5.74) is 5.00. The van der Waals surface area contributed by atoms with Gasteiger partial charge in [-0.05, 0) is 63.9 Å². The van der Waals surface area contributed by atoms with Crippen LogP contribution in [0.1, 0.15) is 35.1 Å². The number of benzene rings is 2. The summed E-state index contributed by atoms with van der Waals surface area (Å²) in [6.07, 6.45) is 1.85. The number of likely N-dealkylation sites (tertiary alicyclic amines) is 1. The zero-order chi connectivity index (χ0) is 19.9. The average molecular weight is 381 g/mol. The van der Waals surface area contributed by atoms with Gasteiger partial charge in [0, 0.05) is 12.5 Å². The largest absolute Gasteiger partial charge is 0.491 e. The predicted octanol–water partition coefficient (Wildman–Crippen LogP) is 4.02. The summed E-state index contributed by atoms with van der Waals surface area (Å²) in [5.74, 6) is 1.18. The highest BCUT2D eigenvalue weighted by molar-refractivity contribution is 5.78. The molecular formula is C24H32N2O2. The fraction of sp³-hybridized carbons (Fsp3) is 0.458. The molecule has 1 saturated heterocycles. The molecule has 1 N–H and O–H groups in total. The minimum absolute atomic E-state index is 0.121. The van der Waals surface area contributed by atoms with E-state index in [4.69, 9.17) is 4.74 Å². The van der Waals surface area contributed by atoms with E-state index in [0.717, 1.165) is 43.8 Å². The Hall–Kier alpha value is -2.33. The molecule has 150 valence electrons. The van der Waals surface area contributed by atoms with Gasteiger partial charge in [0.15, 0.2) is 0 Å². The molecule has 4 heteroatoms. The highest BCUT2D eigenvalue weighted by Gasteiger charge is 2.24. The van der Waals surface area contributed by atoms with Crippen molar-refractivity contribution in [1.82, 2.24) is 10.2 Å². The van der Waals surface area contributed by atoms with E-state index in [9.17, 15) is 4.79 Å². The van der Waals surface area contributed by atoms with Gasteiger partial charge in [-0.2, -0.15) is 0 Å². The Balaban J connectivity index is 1.35. The second-order valence-corrected chi connectivity index (χ2v) is 7.94. The van der Waals surface area contributed by atoms with Crippen molar-refractivity contribution in [2.75, 3.05) is 26.2 Å². The number of carbonyl (C=O) groups is 1. The molecular weight excluding hydrogens is 348 g/mol. The van der Waals surface area contributed by atoms with Crippen LogP contribution in [0.5, 0.6) is 5.75 Å². The lowest BCUT2D eigenvalue weighted by molar-refractivity contribution is -0.126. The fourth-order valence-corrected chi connectivity index (χ4v) is 3.75. The van der Waals surface area contributed by atoms with Crippen molar-refractivity contribution in [3.05, 3.63) is 64.7 Å². The number of nitrogens with one attached hydrogen (secondary N) is 1. The van der Waals surface area contributed by atoms with Crippen LogP contribution in [0.25, 0.3) is 0 Å². The second kappa shape index (κ2) is 9.74. The monoisotopic (exact) mass is 380 g/mol. The Morgan fingerprint density at radius 1 is 1.04 bits per heavy atom. The normalized spacial score (nSPS) is 15.4. The van der Waals surface area contributed by atoms with Crippen LogP contribution in [0.2, 0.25) is 0 Å².